The Labute approximate surface area is 107 Å². The molecular weight excluding hydrogens is 228 g/mol. The molecule has 2 aromatic rings. The van der Waals surface area contributed by atoms with Crippen LogP contribution in [-0.4, -0.2) is 5.11 Å². The Kier molecular flexibility index (Phi) is 4.10. The maximum Gasteiger partial charge on any atom is 0.116 e. The van der Waals surface area contributed by atoms with Gasteiger partial charge in [-0.25, -0.2) is 0 Å². The number of hydrogen-bond acceptors (Lipinski definition) is 2. The number of thioether (sulfide) groups is 1. The second-order valence-corrected chi connectivity index (χ2v) is 5.00. The van der Waals surface area contributed by atoms with Crippen molar-refractivity contribution in [2.24, 2.45) is 0 Å². The third kappa shape index (κ3) is 3.53. The van der Waals surface area contributed by atoms with Gasteiger partial charge in [-0.15, -0.1) is 11.8 Å². The minimum Gasteiger partial charge on any atom is -0.508 e. The Hall–Kier alpha value is -1.41. The van der Waals surface area contributed by atoms with Gasteiger partial charge in [0.25, 0.3) is 0 Å². The van der Waals surface area contributed by atoms with E-state index in [1.807, 2.05) is 12.1 Å². The summed E-state index contributed by atoms with van der Waals surface area (Å²) in [5.41, 5.74) is 2.69. The fraction of sp³-hybridized carbons (Fsp3) is 0.200. The van der Waals surface area contributed by atoms with Crippen LogP contribution in [0.2, 0.25) is 0 Å². The summed E-state index contributed by atoms with van der Waals surface area (Å²) in [6, 6.07) is 16.1. The van der Waals surface area contributed by atoms with Gasteiger partial charge in [-0.1, -0.05) is 37.3 Å². The average Bonchev–Trinajstić information content (AvgIpc) is 2.37. The second-order valence-electron chi connectivity index (χ2n) is 3.96. The molecule has 0 aliphatic rings. The van der Waals surface area contributed by atoms with Crippen molar-refractivity contribution in [1.82, 2.24) is 0 Å². The smallest absolute Gasteiger partial charge is 0.116 e. The fourth-order valence-electron chi connectivity index (χ4n) is 1.61. The van der Waals surface area contributed by atoms with E-state index in [0.717, 1.165) is 17.1 Å². The number of aromatic hydroxyl groups is 1. The first-order valence-electron chi connectivity index (χ1n) is 5.77. The van der Waals surface area contributed by atoms with Crippen LogP contribution in [0, 0.1) is 0 Å². The maximum absolute atomic E-state index is 9.37. The van der Waals surface area contributed by atoms with Crippen LogP contribution in [-0.2, 0) is 12.2 Å². The quantitative estimate of drug-likeness (QED) is 0.811. The number of hydrogen-bond donors (Lipinski definition) is 1. The Balaban J connectivity index is 1.97. The maximum atomic E-state index is 9.37. The molecule has 2 heteroatoms. The van der Waals surface area contributed by atoms with Gasteiger partial charge >= 0.3 is 0 Å². The summed E-state index contributed by atoms with van der Waals surface area (Å²) in [6.45, 7) is 2.16. The van der Waals surface area contributed by atoms with Crippen LogP contribution in [0.15, 0.2) is 53.4 Å². The van der Waals surface area contributed by atoms with E-state index in [2.05, 4.69) is 31.2 Å². The molecule has 1 nitrogen and oxygen atoms in total. The molecule has 0 aliphatic carbocycles. The van der Waals surface area contributed by atoms with Crippen molar-refractivity contribution in [3.05, 3.63) is 59.7 Å². The fourth-order valence-corrected chi connectivity index (χ4v) is 2.52. The average molecular weight is 244 g/mol. The number of phenols is 1. The van der Waals surface area contributed by atoms with Gasteiger partial charge in [0.05, 0.1) is 0 Å². The third-order valence-electron chi connectivity index (χ3n) is 2.65. The minimum absolute atomic E-state index is 0.330. The second kappa shape index (κ2) is 5.78. The van der Waals surface area contributed by atoms with Gasteiger partial charge < -0.3 is 5.11 Å². The zero-order valence-corrected chi connectivity index (χ0v) is 10.7. The lowest BCUT2D eigenvalue weighted by atomic mass is 10.1. The molecule has 0 unspecified atom stereocenters. The summed E-state index contributed by atoms with van der Waals surface area (Å²) in [7, 11) is 0. The van der Waals surface area contributed by atoms with Crippen molar-refractivity contribution in [2.45, 2.75) is 24.0 Å². The van der Waals surface area contributed by atoms with E-state index in [-0.39, 0.29) is 0 Å². The summed E-state index contributed by atoms with van der Waals surface area (Å²) in [6.07, 6.45) is 1.08. The van der Waals surface area contributed by atoms with Crippen molar-refractivity contribution in [3.8, 4) is 5.75 Å². The monoisotopic (exact) mass is 244 g/mol. The molecule has 0 amide bonds. The minimum atomic E-state index is 0.330. The molecule has 0 saturated carbocycles. The summed E-state index contributed by atoms with van der Waals surface area (Å²) < 4.78 is 0. The molecule has 0 aromatic heterocycles. The number of phenolic OH excluding ortho intramolecular Hbond substituents is 1. The lowest BCUT2D eigenvalue weighted by Crippen LogP contribution is -1.83. The Morgan fingerprint density at radius 2 is 1.71 bits per heavy atom. The van der Waals surface area contributed by atoms with Crippen LogP contribution in [0.5, 0.6) is 5.75 Å². The zero-order valence-electron chi connectivity index (χ0n) is 9.89. The number of rotatable bonds is 4. The Morgan fingerprint density at radius 1 is 1.00 bits per heavy atom. The third-order valence-corrected chi connectivity index (χ3v) is 3.72. The van der Waals surface area contributed by atoms with Crippen molar-refractivity contribution < 1.29 is 5.11 Å². The van der Waals surface area contributed by atoms with E-state index in [1.54, 1.807) is 23.9 Å². The van der Waals surface area contributed by atoms with Crippen molar-refractivity contribution in [1.29, 1.82) is 0 Å². The standard InChI is InChI=1S/C15H16OS/c1-2-12-6-8-13(9-7-12)11-17-15-5-3-4-14(16)10-15/h3-10,16H,2,11H2,1H3. The van der Waals surface area contributed by atoms with Gasteiger partial charge in [0.15, 0.2) is 0 Å². The molecule has 17 heavy (non-hydrogen) atoms. The van der Waals surface area contributed by atoms with Gasteiger partial charge in [0.2, 0.25) is 0 Å². The van der Waals surface area contributed by atoms with Crippen LogP contribution >= 0.6 is 11.8 Å². The van der Waals surface area contributed by atoms with Crippen LogP contribution < -0.4 is 0 Å². The van der Waals surface area contributed by atoms with E-state index < -0.39 is 0 Å². The van der Waals surface area contributed by atoms with Gasteiger partial charge in [-0.2, -0.15) is 0 Å². The highest BCUT2D eigenvalue weighted by molar-refractivity contribution is 7.98. The Morgan fingerprint density at radius 3 is 2.35 bits per heavy atom. The van der Waals surface area contributed by atoms with E-state index >= 15 is 0 Å². The Bertz CT molecular complexity index is 477. The predicted molar refractivity (Wildman–Crippen MR) is 73.5 cm³/mol. The van der Waals surface area contributed by atoms with E-state index in [9.17, 15) is 5.11 Å². The molecule has 0 aliphatic heterocycles. The molecule has 0 atom stereocenters. The molecule has 0 heterocycles. The molecular formula is C15H16OS. The summed E-state index contributed by atoms with van der Waals surface area (Å²) in [4.78, 5) is 1.10. The highest BCUT2D eigenvalue weighted by atomic mass is 32.2. The molecule has 0 bridgehead atoms. The van der Waals surface area contributed by atoms with Gasteiger partial charge in [-0.3, -0.25) is 0 Å². The normalized spacial score (nSPS) is 10.4. The topological polar surface area (TPSA) is 20.2 Å². The van der Waals surface area contributed by atoms with Crippen LogP contribution in [0.3, 0.4) is 0 Å². The van der Waals surface area contributed by atoms with Gasteiger partial charge in [-0.05, 0) is 35.7 Å². The summed E-state index contributed by atoms with van der Waals surface area (Å²) in [5, 5.41) is 9.37. The van der Waals surface area contributed by atoms with Crippen LogP contribution in [0.4, 0.5) is 0 Å². The van der Waals surface area contributed by atoms with E-state index in [0.29, 0.717) is 5.75 Å². The molecule has 1 N–H and O–H groups in total. The van der Waals surface area contributed by atoms with Crippen molar-refractivity contribution >= 4 is 11.8 Å². The highest BCUT2D eigenvalue weighted by Gasteiger charge is 1.98. The van der Waals surface area contributed by atoms with Crippen molar-refractivity contribution in [2.75, 3.05) is 0 Å². The predicted octanol–water partition coefficient (Wildman–Crippen LogP) is 4.25. The first kappa shape index (κ1) is 12.1. The molecule has 2 aromatic carbocycles. The lowest BCUT2D eigenvalue weighted by molar-refractivity contribution is 0.474. The molecule has 2 rings (SSSR count). The van der Waals surface area contributed by atoms with Gasteiger partial charge in [0.1, 0.15) is 5.75 Å². The highest BCUT2D eigenvalue weighted by Crippen LogP contribution is 2.25. The van der Waals surface area contributed by atoms with Crippen LogP contribution in [0.1, 0.15) is 18.1 Å². The lowest BCUT2D eigenvalue weighted by Gasteiger charge is -2.03. The largest absolute Gasteiger partial charge is 0.508 e. The number of benzene rings is 2. The molecule has 0 saturated heterocycles. The molecule has 0 fully saturated rings. The SMILES string of the molecule is CCc1ccc(CSc2cccc(O)c2)cc1. The summed E-state index contributed by atoms with van der Waals surface area (Å²) in [5.74, 6) is 1.27. The zero-order chi connectivity index (χ0) is 12.1. The van der Waals surface area contributed by atoms with Crippen molar-refractivity contribution in [3.63, 3.8) is 0 Å². The van der Waals surface area contributed by atoms with Crippen LogP contribution in [0.25, 0.3) is 0 Å². The van der Waals surface area contributed by atoms with Gasteiger partial charge in [0, 0.05) is 10.6 Å². The first-order valence-corrected chi connectivity index (χ1v) is 6.76. The number of aryl methyl sites for hydroxylation is 1. The molecule has 88 valence electrons. The molecule has 0 spiro atoms. The first-order chi connectivity index (χ1) is 8.28. The summed E-state index contributed by atoms with van der Waals surface area (Å²) >= 11 is 1.74. The van der Waals surface area contributed by atoms with E-state index in [4.69, 9.17) is 0 Å². The van der Waals surface area contributed by atoms with E-state index in [1.165, 1.54) is 11.1 Å². The molecule has 0 radical (unpaired) electrons.